The Morgan fingerprint density at radius 2 is 1.66 bits per heavy atom. The van der Waals surface area contributed by atoms with Crippen molar-refractivity contribution in [2.24, 2.45) is 4.99 Å². The molecule has 3 aromatic carbocycles. The number of amidine groups is 1. The number of benzene rings is 3. The molecule has 2 unspecified atom stereocenters. The van der Waals surface area contributed by atoms with Gasteiger partial charge in [-0.2, -0.15) is 0 Å². The molecule has 0 saturated carbocycles. The number of carboxylic acid groups (broad SMARTS) is 1. The quantitative estimate of drug-likeness (QED) is 0.455. The van der Waals surface area contributed by atoms with E-state index in [1.54, 1.807) is 24.3 Å². The third kappa shape index (κ3) is 3.74. The van der Waals surface area contributed by atoms with E-state index in [9.17, 15) is 4.79 Å². The number of hydrogen-bond donors (Lipinski definition) is 2. The Morgan fingerprint density at radius 3 is 2.28 bits per heavy atom. The Morgan fingerprint density at radius 1 is 1.00 bits per heavy atom. The summed E-state index contributed by atoms with van der Waals surface area (Å²) in [7, 11) is 0. The van der Waals surface area contributed by atoms with E-state index in [1.165, 1.54) is 0 Å². The third-order valence-corrected chi connectivity index (χ3v) is 6.48. The average Bonchev–Trinajstić information content (AvgIpc) is 3.07. The van der Waals surface area contributed by atoms with Gasteiger partial charge in [-0.25, -0.2) is 4.79 Å². The maximum absolute atomic E-state index is 11.2. The van der Waals surface area contributed by atoms with Crippen LogP contribution in [-0.4, -0.2) is 16.9 Å². The molecule has 0 saturated heterocycles. The zero-order chi connectivity index (χ0) is 20.6. The molecule has 0 aliphatic carbocycles. The van der Waals surface area contributed by atoms with Gasteiger partial charge in [0.25, 0.3) is 0 Å². The minimum absolute atomic E-state index is 0.159. The fourth-order valence-corrected chi connectivity index (χ4v) is 4.39. The lowest BCUT2D eigenvalue weighted by atomic mass is 9.82. The predicted molar refractivity (Wildman–Crippen MR) is 121 cm³/mol. The molecule has 3 aromatic rings. The first-order valence-corrected chi connectivity index (χ1v) is 10.7. The molecule has 1 aliphatic heterocycles. The zero-order valence-corrected chi connectivity index (χ0v) is 18.7. The van der Waals surface area contributed by atoms with Crippen molar-refractivity contribution in [1.29, 1.82) is 0 Å². The van der Waals surface area contributed by atoms with Gasteiger partial charge in [0, 0.05) is 14.5 Å². The Balaban J connectivity index is 1.81. The summed E-state index contributed by atoms with van der Waals surface area (Å²) >= 11 is 7.18. The summed E-state index contributed by atoms with van der Waals surface area (Å²) in [6.45, 7) is 2.14. The normalized spacial score (nSPS) is 20.8. The van der Waals surface area contributed by atoms with Crippen molar-refractivity contribution >= 4 is 43.7 Å². The van der Waals surface area contributed by atoms with Crippen molar-refractivity contribution in [2.75, 3.05) is 0 Å². The van der Waals surface area contributed by atoms with E-state index in [0.29, 0.717) is 0 Å². The van der Waals surface area contributed by atoms with Gasteiger partial charge < -0.3 is 10.4 Å². The first kappa shape index (κ1) is 19.9. The molecule has 0 amide bonds. The van der Waals surface area contributed by atoms with Gasteiger partial charge in [-0.3, -0.25) is 4.99 Å². The molecule has 4 rings (SSSR count). The molecular weight excluding hydrogens is 496 g/mol. The molecule has 2 N–H and O–H groups in total. The van der Waals surface area contributed by atoms with Gasteiger partial charge in [0.05, 0.1) is 11.1 Å². The molecule has 4 nitrogen and oxygen atoms in total. The van der Waals surface area contributed by atoms with E-state index in [2.05, 4.69) is 62.3 Å². The van der Waals surface area contributed by atoms with E-state index in [4.69, 9.17) is 10.1 Å². The number of nitrogens with zero attached hydrogens (tertiary/aromatic N) is 1. The summed E-state index contributed by atoms with van der Waals surface area (Å²) in [5, 5.41) is 12.8. The number of nitrogens with one attached hydrogen (secondary N) is 1. The van der Waals surface area contributed by atoms with Crippen LogP contribution in [0.2, 0.25) is 0 Å². The van der Waals surface area contributed by atoms with Crippen LogP contribution in [0.3, 0.4) is 0 Å². The molecule has 146 valence electrons. The molecule has 1 heterocycles. The highest BCUT2D eigenvalue weighted by molar-refractivity contribution is 9.10. The molecule has 0 fully saturated rings. The van der Waals surface area contributed by atoms with Crippen molar-refractivity contribution in [3.05, 3.63) is 104 Å². The van der Waals surface area contributed by atoms with Crippen LogP contribution in [0.4, 0.5) is 0 Å². The van der Waals surface area contributed by atoms with Crippen LogP contribution in [0.1, 0.15) is 40.0 Å². The van der Waals surface area contributed by atoms with Crippen LogP contribution >= 0.6 is 31.9 Å². The second-order valence-corrected chi connectivity index (χ2v) is 8.89. The van der Waals surface area contributed by atoms with Crippen LogP contribution < -0.4 is 5.32 Å². The maximum atomic E-state index is 11.2. The number of aliphatic imine (C=N–C) groups is 1. The van der Waals surface area contributed by atoms with Crippen LogP contribution in [0.15, 0.2) is 86.7 Å². The second kappa shape index (κ2) is 7.76. The Bertz CT molecular complexity index is 1090. The van der Waals surface area contributed by atoms with Gasteiger partial charge in [-0.15, -0.1) is 0 Å². The molecule has 29 heavy (non-hydrogen) atoms. The van der Waals surface area contributed by atoms with Gasteiger partial charge in [0.1, 0.15) is 11.9 Å². The molecular formula is C23H18Br2N2O2. The first-order chi connectivity index (χ1) is 13.9. The summed E-state index contributed by atoms with van der Waals surface area (Å²) in [4.78, 5) is 16.2. The number of carboxylic acids is 1. The van der Waals surface area contributed by atoms with Gasteiger partial charge in [0.15, 0.2) is 0 Å². The monoisotopic (exact) mass is 512 g/mol. The molecule has 0 aromatic heterocycles. The van der Waals surface area contributed by atoms with E-state index < -0.39 is 11.5 Å². The van der Waals surface area contributed by atoms with Gasteiger partial charge in [0.2, 0.25) is 0 Å². The van der Waals surface area contributed by atoms with E-state index in [-0.39, 0.29) is 11.6 Å². The van der Waals surface area contributed by atoms with Gasteiger partial charge >= 0.3 is 5.97 Å². The van der Waals surface area contributed by atoms with E-state index >= 15 is 0 Å². The smallest absolute Gasteiger partial charge is 0.335 e. The predicted octanol–water partition coefficient (Wildman–Crippen LogP) is 5.92. The number of carbonyl (C=O) groups is 1. The van der Waals surface area contributed by atoms with Gasteiger partial charge in [-0.1, -0.05) is 74.3 Å². The zero-order valence-electron chi connectivity index (χ0n) is 15.6. The summed E-state index contributed by atoms with van der Waals surface area (Å²) in [6, 6.07) is 23.0. The molecule has 2 atom stereocenters. The number of halogens is 2. The van der Waals surface area contributed by atoms with Crippen molar-refractivity contribution in [3.63, 3.8) is 0 Å². The second-order valence-electron chi connectivity index (χ2n) is 7.12. The largest absolute Gasteiger partial charge is 0.478 e. The Kier molecular flexibility index (Phi) is 5.32. The lowest BCUT2D eigenvalue weighted by Crippen LogP contribution is -2.42. The number of rotatable bonds is 4. The molecule has 0 bridgehead atoms. The highest BCUT2D eigenvalue weighted by atomic mass is 79.9. The first-order valence-electron chi connectivity index (χ1n) is 9.08. The number of hydrogen-bond acceptors (Lipinski definition) is 3. The SMILES string of the molecule is CC1(c2ccc(Br)cc2)NC(c2ccc(C(=O)O)cc2)=NC1c1ccccc1Br. The van der Waals surface area contributed by atoms with Crippen molar-refractivity contribution in [1.82, 2.24) is 5.32 Å². The summed E-state index contributed by atoms with van der Waals surface area (Å²) in [6.07, 6.45) is 0. The van der Waals surface area contributed by atoms with Crippen LogP contribution in [0.5, 0.6) is 0 Å². The molecule has 6 heteroatoms. The third-order valence-electron chi connectivity index (χ3n) is 5.23. The fraction of sp³-hybridized carbons (Fsp3) is 0.130. The summed E-state index contributed by atoms with van der Waals surface area (Å²) in [5.74, 6) is -0.197. The van der Waals surface area contributed by atoms with Crippen molar-refractivity contribution < 1.29 is 9.90 Å². The van der Waals surface area contributed by atoms with E-state index in [0.717, 1.165) is 31.5 Å². The number of aromatic carboxylic acids is 1. The van der Waals surface area contributed by atoms with Gasteiger partial charge in [-0.05, 0) is 48.4 Å². The molecule has 0 radical (unpaired) electrons. The average molecular weight is 514 g/mol. The lowest BCUT2D eigenvalue weighted by Gasteiger charge is -2.32. The van der Waals surface area contributed by atoms with Crippen molar-refractivity contribution in [2.45, 2.75) is 18.5 Å². The minimum atomic E-state index is -0.941. The minimum Gasteiger partial charge on any atom is -0.478 e. The topological polar surface area (TPSA) is 61.7 Å². The van der Waals surface area contributed by atoms with Crippen molar-refractivity contribution in [3.8, 4) is 0 Å². The van der Waals surface area contributed by atoms with Crippen LogP contribution in [0.25, 0.3) is 0 Å². The van der Waals surface area contributed by atoms with E-state index in [1.807, 2.05) is 30.3 Å². The Labute approximate surface area is 186 Å². The fourth-order valence-electron chi connectivity index (χ4n) is 3.63. The highest BCUT2D eigenvalue weighted by Gasteiger charge is 2.43. The van der Waals surface area contributed by atoms with Crippen LogP contribution in [-0.2, 0) is 5.54 Å². The maximum Gasteiger partial charge on any atom is 0.335 e. The van der Waals surface area contributed by atoms with Crippen LogP contribution in [0, 0.1) is 0 Å². The summed E-state index contributed by atoms with van der Waals surface area (Å²) in [5.41, 5.74) is 2.84. The highest BCUT2D eigenvalue weighted by Crippen LogP contribution is 2.44. The lowest BCUT2D eigenvalue weighted by molar-refractivity contribution is 0.0697. The summed E-state index contributed by atoms with van der Waals surface area (Å²) < 4.78 is 2.02. The molecule has 1 aliphatic rings. The Hall–Kier alpha value is -2.44. The standard InChI is InChI=1S/C23H18Br2N2O2/c1-23(16-10-12-17(24)13-11-16)20(18-4-2-3-5-19(18)25)26-21(27-23)14-6-8-15(9-7-14)22(28)29/h2-13,20H,1H3,(H,26,27)(H,28,29). The molecule has 0 spiro atoms.